The van der Waals surface area contributed by atoms with Crippen molar-refractivity contribution in [1.82, 2.24) is 0 Å². The molecule has 0 aliphatic rings. The second-order valence-electron chi connectivity index (χ2n) is 2.25. The van der Waals surface area contributed by atoms with E-state index in [-0.39, 0.29) is 6.42 Å². The largest absolute Gasteiger partial charge is 0.472 e. The van der Waals surface area contributed by atoms with Gasteiger partial charge in [-0.05, 0) is 6.42 Å². The molecule has 0 radical (unpaired) electrons. The maximum Gasteiger partial charge on any atom is 0.381 e. The van der Waals surface area contributed by atoms with Crippen LogP contribution in [-0.4, -0.2) is 22.3 Å². The number of aliphatic hydroxyl groups is 1. The quantitative estimate of drug-likeness (QED) is 0.589. The maximum atomic E-state index is 9.88. The zero-order valence-corrected chi connectivity index (χ0v) is 6.50. The van der Waals surface area contributed by atoms with Gasteiger partial charge in [0, 0.05) is 12.3 Å². The van der Waals surface area contributed by atoms with Crippen LogP contribution in [0.5, 0.6) is 0 Å². The lowest BCUT2D eigenvalue weighted by atomic mass is 10.1. The van der Waals surface area contributed by atoms with E-state index in [0.717, 1.165) is 6.42 Å². The van der Waals surface area contributed by atoms with Gasteiger partial charge >= 0.3 is 5.97 Å². The van der Waals surface area contributed by atoms with Gasteiger partial charge in [0.2, 0.25) is 0 Å². The zero-order valence-electron chi connectivity index (χ0n) is 6.50. The first-order valence-corrected chi connectivity index (χ1v) is 3.56. The fourth-order valence-corrected chi connectivity index (χ4v) is 0.680. The Bertz CT molecular complexity index is 176. The molecule has 0 aromatic rings. The summed E-state index contributed by atoms with van der Waals surface area (Å²) in [7, 11) is 0. The summed E-state index contributed by atoms with van der Waals surface area (Å²) in [6.45, 7) is 1.95. The molecular weight excluding hydrogens is 144 g/mol. The Labute approximate surface area is 66.0 Å². The van der Waals surface area contributed by atoms with E-state index in [2.05, 4.69) is 5.92 Å². The molecule has 0 aliphatic carbocycles. The van der Waals surface area contributed by atoms with E-state index >= 15 is 0 Å². The summed E-state index contributed by atoms with van der Waals surface area (Å²) < 4.78 is 0. The molecule has 0 spiro atoms. The minimum Gasteiger partial charge on any atom is -0.472 e. The molecule has 0 amide bonds. The number of hydrogen-bond donors (Lipinski definition) is 2. The van der Waals surface area contributed by atoms with Gasteiger partial charge in [-0.15, -0.1) is 0 Å². The topological polar surface area (TPSA) is 57.5 Å². The van der Waals surface area contributed by atoms with Gasteiger partial charge < -0.3 is 10.2 Å². The van der Waals surface area contributed by atoms with Gasteiger partial charge in [0.25, 0.3) is 0 Å². The van der Waals surface area contributed by atoms with Crippen LogP contribution in [-0.2, 0) is 4.79 Å². The molecule has 0 aromatic heterocycles. The van der Waals surface area contributed by atoms with Crippen LogP contribution in [0.4, 0.5) is 0 Å². The van der Waals surface area contributed by atoms with Crippen LogP contribution in [0, 0.1) is 11.8 Å². The third-order valence-corrected chi connectivity index (χ3v) is 1.15. The number of aliphatic carboxylic acids is 1. The number of carboxylic acids is 1. The second-order valence-corrected chi connectivity index (χ2v) is 2.25. The molecule has 1 atom stereocenters. The van der Waals surface area contributed by atoms with Crippen molar-refractivity contribution >= 4 is 5.97 Å². The van der Waals surface area contributed by atoms with Crippen LogP contribution in [0.2, 0.25) is 0 Å². The van der Waals surface area contributed by atoms with Crippen molar-refractivity contribution in [1.29, 1.82) is 0 Å². The molecule has 3 nitrogen and oxygen atoms in total. The van der Waals surface area contributed by atoms with E-state index in [0.29, 0.717) is 6.42 Å². The maximum absolute atomic E-state index is 9.88. The molecule has 0 saturated heterocycles. The Kier molecular flexibility index (Phi) is 5.22. The molecule has 11 heavy (non-hydrogen) atoms. The third kappa shape index (κ3) is 6.88. The molecule has 0 aromatic carbocycles. The van der Waals surface area contributed by atoms with E-state index in [1.54, 1.807) is 0 Å². The normalized spacial score (nSPS) is 11.5. The fraction of sp³-hybridized carbons (Fsp3) is 0.625. The van der Waals surface area contributed by atoms with Gasteiger partial charge in [-0.25, -0.2) is 4.79 Å². The molecule has 0 heterocycles. The minimum atomic E-state index is -1.14. The Balaban J connectivity index is 3.54. The highest BCUT2D eigenvalue weighted by Crippen LogP contribution is 1.98. The molecule has 0 aliphatic heterocycles. The van der Waals surface area contributed by atoms with Crippen LogP contribution in [0.3, 0.4) is 0 Å². The van der Waals surface area contributed by atoms with Crippen LogP contribution >= 0.6 is 0 Å². The minimum absolute atomic E-state index is 0.250. The summed E-state index contributed by atoms with van der Waals surface area (Å²) in [6, 6.07) is 0. The van der Waals surface area contributed by atoms with Crippen LogP contribution in [0.1, 0.15) is 26.2 Å². The highest BCUT2D eigenvalue weighted by Gasteiger charge is 1.98. The highest BCUT2D eigenvalue weighted by atomic mass is 16.4. The smallest absolute Gasteiger partial charge is 0.381 e. The Morgan fingerprint density at radius 1 is 1.64 bits per heavy atom. The van der Waals surface area contributed by atoms with Crippen molar-refractivity contribution in [2.75, 3.05) is 0 Å². The van der Waals surface area contributed by atoms with E-state index in [9.17, 15) is 4.79 Å². The van der Waals surface area contributed by atoms with E-state index in [1.807, 2.05) is 12.8 Å². The van der Waals surface area contributed by atoms with Crippen molar-refractivity contribution in [3.8, 4) is 11.8 Å². The van der Waals surface area contributed by atoms with Gasteiger partial charge in [0.15, 0.2) is 0 Å². The Morgan fingerprint density at radius 3 is 2.73 bits per heavy atom. The number of aliphatic hydroxyl groups excluding tert-OH is 1. The Morgan fingerprint density at radius 2 is 2.27 bits per heavy atom. The van der Waals surface area contributed by atoms with Gasteiger partial charge in [0.1, 0.15) is 0 Å². The van der Waals surface area contributed by atoms with Crippen molar-refractivity contribution in [2.24, 2.45) is 0 Å². The van der Waals surface area contributed by atoms with Crippen molar-refractivity contribution in [3.63, 3.8) is 0 Å². The van der Waals surface area contributed by atoms with Crippen LogP contribution in [0.15, 0.2) is 0 Å². The second kappa shape index (κ2) is 5.75. The molecule has 2 N–H and O–H groups in total. The predicted molar refractivity (Wildman–Crippen MR) is 40.9 cm³/mol. The molecule has 0 rings (SSSR count). The van der Waals surface area contributed by atoms with Gasteiger partial charge in [-0.2, -0.15) is 0 Å². The van der Waals surface area contributed by atoms with Crippen molar-refractivity contribution < 1.29 is 15.0 Å². The lowest BCUT2D eigenvalue weighted by Crippen LogP contribution is -2.03. The highest BCUT2D eigenvalue weighted by molar-refractivity contribution is 5.86. The lowest BCUT2D eigenvalue weighted by Gasteiger charge is -2.01. The zero-order chi connectivity index (χ0) is 8.69. The predicted octanol–water partition coefficient (Wildman–Crippen LogP) is 0.625. The molecule has 62 valence electrons. The average Bonchev–Trinajstić information content (AvgIpc) is 1.87. The van der Waals surface area contributed by atoms with E-state index < -0.39 is 12.1 Å². The van der Waals surface area contributed by atoms with Crippen LogP contribution < -0.4 is 0 Å². The first kappa shape index (κ1) is 9.99. The van der Waals surface area contributed by atoms with Crippen molar-refractivity contribution in [2.45, 2.75) is 32.3 Å². The lowest BCUT2D eigenvalue weighted by molar-refractivity contribution is -0.130. The molecule has 0 bridgehead atoms. The molecule has 3 heteroatoms. The SMILES string of the molecule is CCCC(O)CC#CC(=O)O. The fourth-order valence-electron chi connectivity index (χ4n) is 0.680. The van der Waals surface area contributed by atoms with Crippen LogP contribution in [0.25, 0.3) is 0 Å². The summed E-state index contributed by atoms with van der Waals surface area (Å²) in [5.74, 6) is 3.17. The van der Waals surface area contributed by atoms with Gasteiger partial charge in [-0.1, -0.05) is 19.3 Å². The third-order valence-electron chi connectivity index (χ3n) is 1.15. The Hall–Kier alpha value is -1.01. The molecular formula is C8H12O3. The summed E-state index contributed by atoms with van der Waals surface area (Å²) >= 11 is 0. The van der Waals surface area contributed by atoms with E-state index in [1.165, 1.54) is 0 Å². The summed E-state index contributed by atoms with van der Waals surface area (Å²) in [4.78, 5) is 9.88. The van der Waals surface area contributed by atoms with Crippen molar-refractivity contribution in [3.05, 3.63) is 0 Å². The van der Waals surface area contributed by atoms with Gasteiger partial charge in [-0.3, -0.25) is 0 Å². The standard InChI is InChI=1S/C8H12O3/c1-2-4-7(9)5-3-6-8(10)11/h7,9H,2,4-5H2,1H3,(H,10,11). The number of carboxylic acid groups (broad SMARTS) is 1. The number of carbonyl (C=O) groups is 1. The first-order valence-electron chi connectivity index (χ1n) is 3.56. The monoisotopic (exact) mass is 156 g/mol. The number of rotatable bonds is 3. The first-order chi connectivity index (χ1) is 5.16. The molecule has 1 unspecified atom stereocenters. The molecule has 0 saturated carbocycles. The van der Waals surface area contributed by atoms with Gasteiger partial charge in [0.05, 0.1) is 6.10 Å². The summed E-state index contributed by atoms with van der Waals surface area (Å²) in [5.41, 5.74) is 0. The number of hydrogen-bond acceptors (Lipinski definition) is 2. The molecule has 0 fully saturated rings. The summed E-state index contributed by atoms with van der Waals surface area (Å²) in [5, 5.41) is 17.2. The average molecular weight is 156 g/mol. The van der Waals surface area contributed by atoms with E-state index in [4.69, 9.17) is 10.2 Å². The summed E-state index contributed by atoms with van der Waals surface area (Å²) in [6.07, 6.45) is 1.33.